The van der Waals surface area contributed by atoms with E-state index in [-0.39, 0.29) is 17.6 Å². The molecule has 1 aliphatic carbocycles. The van der Waals surface area contributed by atoms with Gasteiger partial charge in [0.1, 0.15) is 17.3 Å². The number of nitrogens with zero attached hydrogens (tertiary/aromatic N) is 3. The predicted molar refractivity (Wildman–Crippen MR) is 157 cm³/mol. The first kappa shape index (κ1) is 25.0. The summed E-state index contributed by atoms with van der Waals surface area (Å²) in [5.41, 5.74) is 6.85. The highest BCUT2D eigenvalue weighted by Gasteiger charge is 2.21. The van der Waals surface area contributed by atoms with Gasteiger partial charge >= 0.3 is 0 Å². The summed E-state index contributed by atoms with van der Waals surface area (Å²) in [5, 5.41) is 22.4. The molecule has 2 aromatic carbocycles. The molecule has 0 bridgehead atoms. The van der Waals surface area contributed by atoms with Gasteiger partial charge in [-0.25, -0.2) is 4.39 Å². The number of aromatic nitrogens is 5. The van der Waals surface area contributed by atoms with Crippen molar-refractivity contribution in [2.24, 2.45) is 5.92 Å². The Morgan fingerprint density at radius 3 is 2.56 bits per heavy atom. The Labute approximate surface area is 234 Å². The lowest BCUT2D eigenvalue weighted by molar-refractivity contribution is -0.120. The highest BCUT2D eigenvalue weighted by molar-refractivity contribution is 6.01. The van der Waals surface area contributed by atoms with E-state index in [1.54, 1.807) is 24.8 Å². The van der Waals surface area contributed by atoms with Crippen LogP contribution in [0.2, 0.25) is 0 Å². The molecule has 4 aromatic heterocycles. The number of nitrogens with one attached hydrogen (secondary N) is 3. The van der Waals surface area contributed by atoms with Gasteiger partial charge in [0.2, 0.25) is 5.91 Å². The zero-order chi connectivity index (χ0) is 27.9. The minimum absolute atomic E-state index is 0.0656. The van der Waals surface area contributed by atoms with Crippen molar-refractivity contribution in [1.82, 2.24) is 25.1 Å². The maximum Gasteiger partial charge on any atom is 0.227 e. The number of hydrogen-bond acceptors (Lipinski definition) is 5. The summed E-state index contributed by atoms with van der Waals surface area (Å²) in [6.07, 6.45) is 12.1. The number of phenols is 1. The van der Waals surface area contributed by atoms with Crippen molar-refractivity contribution in [2.75, 3.05) is 5.32 Å². The van der Waals surface area contributed by atoms with E-state index in [9.17, 15) is 14.3 Å². The molecule has 0 aliphatic heterocycles. The SMILES string of the molecule is O=C(Nc1cncc(-c2ccc3[nH]nc(-c4cc5c(-c6cc(O)cc(F)c6)cncc5[nH]4)c3c2)c1)C1CCCCC1. The predicted octanol–water partition coefficient (Wildman–Crippen LogP) is 7.20. The van der Waals surface area contributed by atoms with E-state index < -0.39 is 5.82 Å². The zero-order valence-electron chi connectivity index (χ0n) is 22.1. The minimum Gasteiger partial charge on any atom is -0.508 e. The first-order valence-corrected chi connectivity index (χ1v) is 13.7. The Bertz CT molecular complexity index is 1900. The lowest BCUT2D eigenvalue weighted by Gasteiger charge is -2.20. The fourth-order valence-corrected chi connectivity index (χ4v) is 5.81. The molecule has 1 saturated carbocycles. The fraction of sp³-hybridized carbons (Fsp3) is 0.188. The number of rotatable bonds is 5. The number of amides is 1. The fourth-order valence-electron chi connectivity index (χ4n) is 5.81. The monoisotopic (exact) mass is 546 g/mol. The van der Waals surface area contributed by atoms with Crippen molar-refractivity contribution in [3.8, 4) is 39.4 Å². The highest BCUT2D eigenvalue weighted by atomic mass is 19.1. The number of aromatic hydroxyl groups is 1. The number of fused-ring (bicyclic) bond motifs is 2. The molecule has 4 heterocycles. The summed E-state index contributed by atoms with van der Waals surface area (Å²) < 4.78 is 14.0. The second kappa shape index (κ2) is 10.2. The molecule has 204 valence electrons. The Hall–Kier alpha value is -5.05. The molecule has 0 spiro atoms. The molecule has 41 heavy (non-hydrogen) atoms. The molecule has 6 aromatic rings. The van der Waals surface area contributed by atoms with Crippen molar-refractivity contribution < 1.29 is 14.3 Å². The first-order chi connectivity index (χ1) is 20.0. The Morgan fingerprint density at radius 1 is 0.854 bits per heavy atom. The Kier molecular flexibility index (Phi) is 6.19. The van der Waals surface area contributed by atoms with Gasteiger partial charge in [0.05, 0.1) is 34.8 Å². The third kappa shape index (κ3) is 4.80. The maximum atomic E-state index is 14.0. The van der Waals surface area contributed by atoms with Crippen LogP contribution in [0.25, 0.3) is 55.4 Å². The lowest BCUT2D eigenvalue weighted by atomic mass is 9.88. The molecule has 0 radical (unpaired) electrons. The largest absolute Gasteiger partial charge is 0.508 e. The average Bonchev–Trinajstić information content (AvgIpc) is 3.61. The third-order valence-corrected chi connectivity index (χ3v) is 7.87. The molecule has 0 atom stereocenters. The Morgan fingerprint density at radius 2 is 1.71 bits per heavy atom. The maximum absolute atomic E-state index is 14.0. The molecular weight excluding hydrogens is 519 g/mol. The number of phenolic OH excluding ortho intramolecular Hbond substituents is 1. The van der Waals surface area contributed by atoms with E-state index >= 15 is 0 Å². The minimum atomic E-state index is -0.523. The van der Waals surface area contributed by atoms with E-state index in [4.69, 9.17) is 0 Å². The number of carbonyl (C=O) groups is 1. The van der Waals surface area contributed by atoms with Crippen molar-refractivity contribution >= 4 is 33.4 Å². The highest BCUT2D eigenvalue weighted by Crippen LogP contribution is 2.36. The zero-order valence-corrected chi connectivity index (χ0v) is 22.1. The van der Waals surface area contributed by atoms with Gasteiger partial charge < -0.3 is 15.4 Å². The van der Waals surface area contributed by atoms with E-state index in [0.717, 1.165) is 76.1 Å². The molecule has 0 saturated heterocycles. The summed E-state index contributed by atoms with van der Waals surface area (Å²) in [7, 11) is 0. The van der Waals surface area contributed by atoms with Gasteiger partial charge in [-0.15, -0.1) is 0 Å². The van der Waals surface area contributed by atoms with Crippen LogP contribution in [-0.4, -0.2) is 36.2 Å². The molecule has 9 heteroatoms. The van der Waals surface area contributed by atoms with Crippen LogP contribution >= 0.6 is 0 Å². The van der Waals surface area contributed by atoms with Crippen LogP contribution in [0.15, 0.2) is 73.3 Å². The number of anilines is 1. The molecule has 7 rings (SSSR count). The van der Waals surface area contributed by atoms with Crippen LogP contribution in [-0.2, 0) is 4.79 Å². The van der Waals surface area contributed by atoms with E-state index in [1.165, 1.54) is 18.6 Å². The summed E-state index contributed by atoms with van der Waals surface area (Å²) in [6.45, 7) is 0. The van der Waals surface area contributed by atoms with Crippen molar-refractivity contribution in [1.29, 1.82) is 0 Å². The molecule has 1 amide bonds. The van der Waals surface area contributed by atoms with Crippen molar-refractivity contribution in [2.45, 2.75) is 32.1 Å². The van der Waals surface area contributed by atoms with Gasteiger partial charge in [0.25, 0.3) is 0 Å². The molecule has 4 N–H and O–H groups in total. The van der Waals surface area contributed by atoms with Crippen LogP contribution in [0.3, 0.4) is 0 Å². The number of aromatic amines is 2. The molecule has 8 nitrogen and oxygen atoms in total. The van der Waals surface area contributed by atoms with Crippen LogP contribution in [0.5, 0.6) is 5.75 Å². The molecule has 0 unspecified atom stereocenters. The average molecular weight is 547 g/mol. The summed E-state index contributed by atoms with van der Waals surface area (Å²) in [6, 6.07) is 13.9. The quantitative estimate of drug-likeness (QED) is 0.182. The normalized spacial score (nSPS) is 14.1. The van der Waals surface area contributed by atoms with E-state index in [1.807, 2.05) is 30.3 Å². The van der Waals surface area contributed by atoms with Crippen LogP contribution in [0.1, 0.15) is 32.1 Å². The smallest absolute Gasteiger partial charge is 0.227 e. The number of H-pyrrole nitrogens is 2. The molecule has 1 aliphatic rings. The standard InChI is InChI=1S/C32H27FN6O2/c33-22-8-20(10-24(40)12-22)27-16-35-17-30-25(27)13-29(37-30)31-26-11-19(6-7-28(26)38-39-31)21-9-23(15-34-14-21)36-32(41)18-4-2-1-3-5-18/h6-18,37,40H,1-5H2,(H,36,41)(H,38,39). The number of halogens is 1. The molecular formula is C32H27FN6O2. The van der Waals surface area contributed by atoms with Crippen LogP contribution in [0.4, 0.5) is 10.1 Å². The van der Waals surface area contributed by atoms with Crippen molar-refractivity contribution in [3.63, 3.8) is 0 Å². The van der Waals surface area contributed by atoms with Crippen LogP contribution < -0.4 is 5.32 Å². The first-order valence-electron chi connectivity index (χ1n) is 13.7. The van der Waals surface area contributed by atoms with Crippen molar-refractivity contribution in [3.05, 3.63) is 79.1 Å². The van der Waals surface area contributed by atoms with E-state index in [2.05, 4.69) is 30.5 Å². The number of benzene rings is 2. The Balaban J connectivity index is 1.23. The topological polar surface area (TPSA) is 120 Å². The lowest BCUT2D eigenvalue weighted by Crippen LogP contribution is -2.24. The summed E-state index contributed by atoms with van der Waals surface area (Å²) in [4.78, 5) is 24.9. The molecule has 1 fully saturated rings. The van der Waals surface area contributed by atoms with Gasteiger partial charge in [0.15, 0.2) is 0 Å². The van der Waals surface area contributed by atoms with Gasteiger partial charge in [0, 0.05) is 46.3 Å². The van der Waals surface area contributed by atoms with Gasteiger partial charge in [-0.2, -0.15) is 5.10 Å². The van der Waals surface area contributed by atoms with E-state index in [0.29, 0.717) is 16.8 Å². The van der Waals surface area contributed by atoms with Gasteiger partial charge in [-0.1, -0.05) is 25.3 Å². The van der Waals surface area contributed by atoms with Crippen LogP contribution in [0, 0.1) is 11.7 Å². The van der Waals surface area contributed by atoms with Gasteiger partial charge in [-0.3, -0.25) is 19.9 Å². The summed E-state index contributed by atoms with van der Waals surface area (Å²) >= 11 is 0. The summed E-state index contributed by atoms with van der Waals surface area (Å²) in [5.74, 6) is -0.537. The number of pyridine rings is 2. The second-order valence-corrected chi connectivity index (χ2v) is 10.6. The number of hydrogen-bond donors (Lipinski definition) is 4. The number of carbonyl (C=O) groups excluding carboxylic acids is 1. The second-order valence-electron chi connectivity index (χ2n) is 10.6. The third-order valence-electron chi connectivity index (χ3n) is 7.87. The van der Waals surface area contributed by atoms with Gasteiger partial charge in [-0.05, 0) is 60.4 Å².